The van der Waals surface area contributed by atoms with Crippen LogP contribution in [0.4, 0.5) is 5.13 Å². The Kier molecular flexibility index (Phi) is 3.29. The maximum Gasteiger partial charge on any atom is 0.283 e. The maximum absolute atomic E-state index is 12.5. The quantitative estimate of drug-likeness (QED) is 0.757. The monoisotopic (exact) mass is 316 g/mol. The Balaban J connectivity index is 1.70. The summed E-state index contributed by atoms with van der Waals surface area (Å²) in [4.78, 5) is 19.9. The van der Waals surface area contributed by atoms with Crippen LogP contribution in [0, 0.1) is 0 Å². The van der Waals surface area contributed by atoms with Crippen molar-refractivity contribution in [2.24, 2.45) is 0 Å². The second-order valence-electron chi connectivity index (χ2n) is 5.44. The highest BCUT2D eigenvalue weighted by Crippen LogP contribution is 2.19. The summed E-state index contributed by atoms with van der Waals surface area (Å²) >= 11 is 1.40. The Morgan fingerprint density at radius 2 is 1.95 bits per heavy atom. The van der Waals surface area contributed by atoms with Crippen molar-refractivity contribution < 1.29 is 0 Å². The first-order valence-corrected chi connectivity index (χ1v) is 8.01. The topological polar surface area (TPSA) is 65.8 Å². The number of benzene rings is 1. The van der Waals surface area contributed by atoms with E-state index in [2.05, 4.69) is 32.5 Å². The molecule has 2 aromatic heterocycles. The lowest BCUT2D eigenvalue weighted by Gasteiger charge is -2.31. The molecule has 22 heavy (non-hydrogen) atoms. The van der Waals surface area contributed by atoms with Gasteiger partial charge in [-0.3, -0.25) is 10.2 Å². The van der Waals surface area contributed by atoms with E-state index in [4.69, 9.17) is 0 Å². The van der Waals surface area contributed by atoms with Crippen LogP contribution in [0.3, 0.4) is 0 Å². The minimum Gasteiger partial charge on any atom is -0.304 e. The second-order valence-corrected chi connectivity index (χ2v) is 6.39. The molecule has 3 heterocycles. The smallest absolute Gasteiger partial charge is 0.283 e. The molecule has 1 fully saturated rings. The van der Waals surface area contributed by atoms with Crippen LogP contribution >= 0.6 is 11.3 Å². The third-order valence-electron chi connectivity index (χ3n) is 3.86. The van der Waals surface area contributed by atoms with Gasteiger partial charge in [0.05, 0.1) is 10.9 Å². The Bertz CT molecular complexity index is 880. The van der Waals surface area contributed by atoms with Crippen molar-refractivity contribution in [3.8, 4) is 0 Å². The van der Waals surface area contributed by atoms with Crippen molar-refractivity contribution in [1.82, 2.24) is 24.5 Å². The number of hydrogen-bond donors (Lipinski definition) is 1. The normalized spacial score (nSPS) is 17.3. The van der Waals surface area contributed by atoms with Crippen LogP contribution in [-0.4, -0.2) is 57.7 Å². The number of hydrogen-bond acceptors (Lipinski definition) is 7. The van der Waals surface area contributed by atoms with E-state index < -0.39 is 0 Å². The largest absolute Gasteiger partial charge is 0.304 e. The Morgan fingerprint density at radius 3 is 2.77 bits per heavy atom. The van der Waals surface area contributed by atoms with Gasteiger partial charge in [-0.25, -0.2) is 9.99 Å². The van der Waals surface area contributed by atoms with E-state index in [1.54, 1.807) is 6.07 Å². The molecule has 0 bridgehead atoms. The van der Waals surface area contributed by atoms with Gasteiger partial charge >= 0.3 is 0 Å². The molecule has 1 aliphatic rings. The van der Waals surface area contributed by atoms with Crippen molar-refractivity contribution in [3.05, 3.63) is 34.6 Å². The number of nitrogens with one attached hydrogen (secondary N) is 1. The van der Waals surface area contributed by atoms with Crippen molar-refractivity contribution in [1.29, 1.82) is 0 Å². The number of anilines is 1. The molecule has 114 valence electrons. The number of nitrogens with zero attached hydrogens (tertiary/aromatic N) is 5. The lowest BCUT2D eigenvalue weighted by Crippen LogP contribution is -2.46. The summed E-state index contributed by atoms with van der Waals surface area (Å²) in [6, 6.07) is 7.36. The van der Waals surface area contributed by atoms with Crippen LogP contribution < -0.4 is 11.0 Å². The zero-order chi connectivity index (χ0) is 15.1. The molecule has 0 unspecified atom stereocenters. The summed E-state index contributed by atoms with van der Waals surface area (Å²) in [6.07, 6.45) is 0. The van der Waals surface area contributed by atoms with Gasteiger partial charge in [-0.2, -0.15) is 4.52 Å². The molecular weight excluding hydrogens is 300 g/mol. The van der Waals surface area contributed by atoms with Crippen LogP contribution in [0.2, 0.25) is 0 Å². The van der Waals surface area contributed by atoms with Crippen molar-refractivity contribution >= 4 is 32.3 Å². The minimum atomic E-state index is -0.122. The van der Waals surface area contributed by atoms with E-state index in [0.29, 0.717) is 21.0 Å². The molecule has 0 saturated carbocycles. The molecule has 0 radical (unpaired) electrons. The van der Waals surface area contributed by atoms with E-state index in [0.717, 1.165) is 26.2 Å². The van der Waals surface area contributed by atoms with Gasteiger partial charge < -0.3 is 4.90 Å². The fourth-order valence-corrected chi connectivity index (χ4v) is 3.38. The molecule has 8 heteroatoms. The highest BCUT2D eigenvalue weighted by molar-refractivity contribution is 7.20. The summed E-state index contributed by atoms with van der Waals surface area (Å²) in [5.41, 5.74) is 3.88. The second kappa shape index (κ2) is 5.31. The van der Waals surface area contributed by atoms with E-state index in [1.165, 1.54) is 15.9 Å². The average molecular weight is 316 g/mol. The average Bonchev–Trinajstić information content (AvgIpc) is 2.93. The van der Waals surface area contributed by atoms with Gasteiger partial charge in [-0.1, -0.05) is 23.5 Å². The van der Waals surface area contributed by atoms with Gasteiger partial charge in [0.25, 0.3) is 5.56 Å². The van der Waals surface area contributed by atoms with Crippen LogP contribution in [0.25, 0.3) is 15.9 Å². The van der Waals surface area contributed by atoms with Gasteiger partial charge in [-0.15, -0.1) is 5.10 Å². The summed E-state index contributed by atoms with van der Waals surface area (Å²) in [5.74, 6) is 0. The zero-order valence-corrected chi connectivity index (χ0v) is 13.0. The first-order valence-electron chi connectivity index (χ1n) is 7.19. The third kappa shape index (κ3) is 2.35. The third-order valence-corrected chi connectivity index (χ3v) is 4.67. The molecule has 0 atom stereocenters. The SMILES string of the molecule is CN1CCN(Nc2nn3c(=O)c4ccccc4nc3s2)CC1. The van der Waals surface area contributed by atoms with E-state index in [1.807, 2.05) is 18.2 Å². The van der Waals surface area contributed by atoms with E-state index in [9.17, 15) is 4.79 Å². The lowest BCUT2D eigenvalue weighted by atomic mass is 10.2. The number of piperazine rings is 1. The molecular formula is C14H16N6OS. The van der Waals surface area contributed by atoms with Crippen LogP contribution in [0.15, 0.2) is 29.1 Å². The van der Waals surface area contributed by atoms with E-state index in [-0.39, 0.29) is 5.56 Å². The van der Waals surface area contributed by atoms with Crippen molar-refractivity contribution in [2.45, 2.75) is 0 Å². The summed E-state index contributed by atoms with van der Waals surface area (Å²) in [7, 11) is 2.12. The summed E-state index contributed by atoms with van der Waals surface area (Å²) in [5, 5.41) is 7.79. The van der Waals surface area contributed by atoms with Crippen LogP contribution in [0.5, 0.6) is 0 Å². The Labute approximate surface area is 130 Å². The molecule has 1 saturated heterocycles. The van der Waals surface area contributed by atoms with Crippen molar-refractivity contribution in [3.63, 3.8) is 0 Å². The van der Waals surface area contributed by atoms with Gasteiger partial charge in [0.2, 0.25) is 10.1 Å². The number of para-hydroxylation sites is 1. The Morgan fingerprint density at radius 1 is 1.18 bits per heavy atom. The number of hydrazine groups is 1. The molecule has 4 rings (SSSR count). The number of aromatic nitrogens is 3. The lowest BCUT2D eigenvalue weighted by molar-refractivity contribution is 0.179. The molecule has 7 nitrogen and oxygen atoms in total. The van der Waals surface area contributed by atoms with Gasteiger partial charge in [0.15, 0.2) is 0 Å². The summed E-state index contributed by atoms with van der Waals surface area (Å²) < 4.78 is 1.38. The molecule has 1 aliphatic heterocycles. The first kappa shape index (κ1) is 13.6. The highest BCUT2D eigenvalue weighted by Gasteiger charge is 2.16. The fourth-order valence-electron chi connectivity index (χ4n) is 2.55. The summed E-state index contributed by atoms with van der Waals surface area (Å²) in [6.45, 7) is 3.88. The fraction of sp³-hybridized carbons (Fsp3) is 0.357. The van der Waals surface area contributed by atoms with Gasteiger partial charge in [0.1, 0.15) is 0 Å². The molecule has 1 N–H and O–H groups in total. The van der Waals surface area contributed by atoms with Gasteiger partial charge in [-0.05, 0) is 19.2 Å². The molecule has 1 aromatic carbocycles. The molecule has 0 spiro atoms. The number of rotatable bonds is 2. The predicted octanol–water partition coefficient (Wildman–Crippen LogP) is 0.878. The standard InChI is InChI=1S/C14H16N6OS/c1-18-6-8-19(9-7-18)16-13-17-20-12(21)10-4-2-3-5-11(10)15-14(20)22-13/h2-5H,6-9H2,1H3,(H,16,17). The molecule has 0 aliphatic carbocycles. The van der Waals surface area contributed by atoms with Crippen LogP contribution in [-0.2, 0) is 0 Å². The predicted molar refractivity (Wildman–Crippen MR) is 87.3 cm³/mol. The molecule has 0 amide bonds. The Hall–Kier alpha value is -2.03. The van der Waals surface area contributed by atoms with Crippen molar-refractivity contribution in [2.75, 3.05) is 38.7 Å². The minimum absolute atomic E-state index is 0.122. The zero-order valence-electron chi connectivity index (χ0n) is 12.2. The first-order chi connectivity index (χ1) is 10.7. The van der Waals surface area contributed by atoms with E-state index >= 15 is 0 Å². The maximum atomic E-state index is 12.5. The highest BCUT2D eigenvalue weighted by atomic mass is 32.1. The van der Waals surface area contributed by atoms with Gasteiger partial charge in [0, 0.05) is 26.2 Å². The number of fused-ring (bicyclic) bond motifs is 2. The number of likely N-dealkylation sites (N-methyl/N-ethyl adjacent to an activating group) is 1. The molecule has 3 aromatic rings. The van der Waals surface area contributed by atoms with Crippen LogP contribution in [0.1, 0.15) is 0 Å².